The quantitative estimate of drug-likeness (QED) is 0.697. The summed E-state index contributed by atoms with van der Waals surface area (Å²) < 4.78 is 0. The molecule has 1 aliphatic rings. The molecule has 0 unspecified atom stereocenters. The highest BCUT2D eigenvalue weighted by Crippen LogP contribution is 2.09. The fraction of sp³-hybridized carbons (Fsp3) is 0.867. The van der Waals surface area contributed by atoms with Crippen LogP contribution in [-0.4, -0.2) is 73.5 Å². The Morgan fingerprint density at radius 1 is 1.19 bits per heavy atom. The van der Waals surface area contributed by atoms with Crippen molar-refractivity contribution in [3.63, 3.8) is 0 Å². The van der Waals surface area contributed by atoms with Crippen molar-refractivity contribution >= 4 is 11.8 Å². The molecule has 0 radical (unpaired) electrons. The highest BCUT2D eigenvalue weighted by Gasteiger charge is 2.20. The molecule has 0 aromatic carbocycles. The smallest absolute Gasteiger partial charge is 0.234 e. The number of hydrogen-bond acceptors (Lipinski definition) is 4. The zero-order chi connectivity index (χ0) is 15.8. The molecule has 21 heavy (non-hydrogen) atoms. The number of nitrogens with one attached hydrogen (secondary N) is 2. The van der Waals surface area contributed by atoms with E-state index in [2.05, 4.69) is 22.5 Å². The molecular weight excluding hydrogens is 268 g/mol. The Hall–Kier alpha value is -1.14. The molecular formula is C15H30N4O2. The largest absolute Gasteiger partial charge is 0.353 e. The Bertz CT molecular complexity index is 339. The van der Waals surface area contributed by atoms with Gasteiger partial charge in [-0.15, -0.1) is 0 Å². The second-order valence-corrected chi connectivity index (χ2v) is 6.17. The summed E-state index contributed by atoms with van der Waals surface area (Å²) in [5, 5.41) is 5.89. The number of nitrogens with zero attached hydrogens (tertiary/aromatic N) is 2. The van der Waals surface area contributed by atoms with Gasteiger partial charge in [-0.1, -0.05) is 6.92 Å². The first-order valence-electron chi connectivity index (χ1n) is 7.90. The summed E-state index contributed by atoms with van der Waals surface area (Å²) >= 11 is 0. The third-order valence-electron chi connectivity index (χ3n) is 3.68. The molecule has 0 saturated carbocycles. The van der Waals surface area contributed by atoms with Crippen molar-refractivity contribution in [3.05, 3.63) is 0 Å². The summed E-state index contributed by atoms with van der Waals surface area (Å²) in [5.74, 6) is -0.0404. The SMILES string of the molecule is CCN1CCC(NC(=O)CN(C)CC(=O)NC(C)C)CC1. The number of hydrogen-bond donors (Lipinski definition) is 2. The average Bonchev–Trinajstić information content (AvgIpc) is 2.37. The maximum Gasteiger partial charge on any atom is 0.234 e. The molecule has 0 aromatic heterocycles. The third kappa shape index (κ3) is 7.43. The van der Waals surface area contributed by atoms with Gasteiger partial charge in [0.1, 0.15) is 0 Å². The molecule has 1 aliphatic heterocycles. The van der Waals surface area contributed by atoms with Gasteiger partial charge < -0.3 is 15.5 Å². The Labute approximate surface area is 128 Å². The van der Waals surface area contributed by atoms with Gasteiger partial charge >= 0.3 is 0 Å². The van der Waals surface area contributed by atoms with Crippen molar-refractivity contribution < 1.29 is 9.59 Å². The lowest BCUT2D eigenvalue weighted by molar-refractivity contribution is -0.125. The van der Waals surface area contributed by atoms with E-state index < -0.39 is 0 Å². The van der Waals surface area contributed by atoms with Crippen LogP contribution in [0.1, 0.15) is 33.6 Å². The first-order chi connectivity index (χ1) is 9.90. The van der Waals surface area contributed by atoms with Crippen molar-refractivity contribution in [2.45, 2.75) is 45.7 Å². The number of rotatable bonds is 7. The van der Waals surface area contributed by atoms with Crippen molar-refractivity contribution in [2.75, 3.05) is 39.8 Å². The van der Waals surface area contributed by atoms with E-state index in [4.69, 9.17) is 0 Å². The van der Waals surface area contributed by atoms with E-state index in [-0.39, 0.29) is 37.0 Å². The van der Waals surface area contributed by atoms with E-state index in [0.29, 0.717) is 0 Å². The van der Waals surface area contributed by atoms with Crippen molar-refractivity contribution in [1.82, 2.24) is 20.4 Å². The van der Waals surface area contributed by atoms with Crippen LogP contribution in [0.3, 0.4) is 0 Å². The second kappa shape index (κ2) is 9.00. The van der Waals surface area contributed by atoms with Crippen molar-refractivity contribution in [3.8, 4) is 0 Å². The van der Waals surface area contributed by atoms with E-state index in [1.54, 1.807) is 11.9 Å². The summed E-state index contributed by atoms with van der Waals surface area (Å²) in [7, 11) is 1.79. The zero-order valence-corrected chi connectivity index (χ0v) is 13.8. The van der Waals surface area contributed by atoms with Gasteiger partial charge in [0.05, 0.1) is 13.1 Å². The Balaban J connectivity index is 2.22. The highest BCUT2D eigenvalue weighted by molar-refractivity contribution is 5.81. The molecule has 0 bridgehead atoms. The zero-order valence-electron chi connectivity index (χ0n) is 13.8. The van der Waals surface area contributed by atoms with Gasteiger partial charge in [-0.3, -0.25) is 14.5 Å². The predicted molar refractivity (Wildman–Crippen MR) is 84.1 cm³/mol. The van der Waals surface area contributed by atoms with Gasteiger partial charge in [0.15, 0.2) is 0 Å². The minimum atomic E-state index is -0.0449. The van der Waals surface area contributed by atoms with Crippen LogP contribution < -0.4 is 10.6 Å². The summed E-state index contributed by atoms with van der Waals surface area (Å²) in [6, 6.07) is 0.404. The Kier molecular flexibility index (Phi) is 7.67. The van der Waals surface area contributed by atoms with Gasteiger partial charge in [0.25, 0.3) is 0 Å². The van der Waals surface area contributed by atoms with E-state index in [1.807, 2.05) is 13.8 Å². The van der Waals surface area contributed by atoms with Gasteiger partial charge in [0.2, 0.25) is 11.8 Å². The first-order valence-corrected chi connectivity index (χ1v) is 7.90. The second-order valence-electron chi connectivity index (χ2n) is 6.17. The maximum absolute atomic E-state index is 12.0. The number of piperidine rings is 1. The number of likely N-dealkylation sites (tertiary alicyclic amines) is 1. The fourth-order valence-corrected chi connectivity index (χ4v) is 2.58. The van der Waals surface area contributed by atoms with Crippen LogP contribution in [0.5, 0.6) is 0 Å². The molecule has 6 heteroatoms. The number of amides is 2. The molecule has 0 atom stereocenters. The summed E-state index contributed by atoms with van der Waals surface area (Å²) in [5.41, 5.74) is 0. The highest BCUT2D eigenvalue weighted by atomic mass is 16.2. The van der Waals surface area contributed by atoms with Crippen molar-refractivity contribution in [2.24, 2.45) is 0 Å². The molecule has 0 aliphatic carbocycles. The molecule has 122 valence electrons. The molecule has 6 nitrogen and oxygen atoms in total. The van der Waals surface area contributed by atoms with Gasteiger partial charge in [0, 0.05) is 25.2 Å². The minimum absolute atomic E-state index is 0.00444. The van der Waals surface area contributed by atoms with Crippen LogP contribution in [0.2, 0.25) is 0 Å². The number of carbonyl (C=O) groups is 2. The topological polar surface area (TPSA) is 64.7 Å². The lowest BCUT2D eigenvalue weighted by Crippen LogP contribution is -2.48. The van der Waals surface area contributed by atoms with Crippen LogP contribution in [0.25, 0.3) is 0 Å². The average molecular weight is 298 g/mol. The van der Waals surface area contributed by atoms with Crippen LogP contribution in [-0.2, 0) is 9.59 Å². The lowest BCUT2D eigenvalue weighted by Gasteiger charge is -2.31. The van der Waals surface area contributed by atoms with E-state index in [0.717, 1.165) is 32.5 Å². The van der Waals surface area contributed by atoms with Crippen LogP contribution in [0.4, 0.5) is 0 Å². The van der Waals surface area contributed by atoms with Gasteiger partial charge in [-0.25, -0.2) is 0 Å². The molecule has 1 rings (SSSR count). The molecule has 0 aromatic rings. The standard InChI is InChI=1S/C15H30N4O2/c1-5-19-8-6-13(7-9-19)17-15(21)11-18(4)10-14(20)16-12(2)3/h12-13H,5-11H2,1-4H3,(H,16,20)(H,17,21). The predicted octanol–water partition coefficient (Wildman–Crippen LogP) is 0.0433. The van der Waals surface area contributed by atoms with E-state index >= 15 is 0 Å². The molecule has 1 fully saturated rings. The maximum atomic E-state index is 12.0. The first kappa shape index (κ1) is 17.9. The monoisotopic (exact) mass is 298 g/mol. The molecule has 2 amide bonds. The molecule has 2 N–H and O–H groups in total. The van der Waals surface area contributed by atoms with Gasteiger partial charge in [-0.05, 0) is 40.3 Å². The third-order valence-corrected chi connectivity index (χ3v) is 3.68. The number of carbonyl (C=O) groups excluding carboxylic acids is 2. The minimum Gasteiger partial charge on any atom is -0.353 e. The normalized spacial score (nSPS) is 17.2. The van der Waals surface area contributed by atoms with E-state index in [9.17, 15) is 9.59 Å². The molecule has 1 saturated heterocycles. The summed E-state index contributed by atoms with van der Waals surface area (Å²) in [4.78, 5) is 27.7. The summed E-state index contributed by atoms with van der Waals surface area (Å²) in [6.45, 7) is 9.70. The number of likely N-dealkylation sites (N-methyl/N-ethyl adjacent to an activating group) is 1. The van der Waals surface area contributed by atoms with Crippen LogP contribution >= 0.6 is 0 Å². The van der Waals surface area contributed by atoms with Crippen LogP contribution in [0, 0.1) is 0 Å². The van der Waals surface area contributed by atoms with Gasteiger partial charge in [-0.2, -0.15) is 0 Å². The lowest BCUT2D eigenvalue weighted by atomic mass is 10.1. The van der Waals surface area contributed by atoms with Crippen molar-refractivity contribution in [1.29, 1.82) is 0 Å². The van der Waals surface area contributed by atoms with E-state index in [1.165, 1.54) is 0 Å². The fourth-order valence-electron chi connectivity index (χ4n) is 2.58. The Morgan fingerprint density at radius 2 is 1.76 bits per heavy atom. The Morgan fingerprint density at radius 3 is 2.29 bits per heavy atom. The molecule has 1 heterocycles. The van der Waals surface area contributed by atoms with Crippen LogP contribution in [0.15, 0.2) is 0 Å². The molecule has 0 spiro atoms. The summed E-state index contributed by atoms with van der Waals surface area (Å²) in [6.07, 6.45) is 2.02.